The molecule has 0 spiro atoms. The standard InChI is InChI=1S/C23H20BrClN2O4S/c1-3-9-27-22(29)16(21(28)26-23(27)32)10-15-11-19(30-4-2)20(12-17(15)24)31-13-14-7-5-6-8-18(14)25/h3,5-8,10-12H,1,4,9,13H2,2H3,(H,26,28,32)/b16-10+. The SMILES string of the molecule is C=CCN1C(=O)/C(=C/c2cc(OCC)c(OCc3ccccc3Cl)cc2Br)C(=O)NC1=S. The van der Waals surface area contributed by atoms with Gasteiger partial charge in [0.05, 0.1) is 6.61 Å². The number of nitrogens with zero attached hydrogens (tertiary/aromatic N) is 1. The first-order chi connectivity index (χ1) is 15.3. The van der Waals surface area contributed by atoms with Crippen LogP contribution in [0.1, 0.15) is 18.1 Å². The molecule has 9 heteroatoms. The Bertz CT molecular complexity index is 1120. The van der Waals surface area contributed by atoms with Gasteiger partial charge in [-0.3, -0.25) is 19.8 Å². The van der Waals surface area contributed by atoms with Crippen LogP contribution in [0.2, 0.25) is 5.02 Å². The van der Waals surface area contributed by atoms with Crippen LogP contribution < -0.4 is 14.8 Å². The molecule has 0 atom stereocenters. The average molecular weight is 536 g/mol. The van der Waals surface area contributed by atoms with Gasteiger partial charge in [-0.1, -0.05) is 51.8 Å². The highest BCUT2D eigenvalue weighted by Gasteiger charge is 2.32. The van der Waals surface area contributed by atoms with Crippen molar-refractivity contribution in [1.82, 2.24) is 10.2 Å². The lowest BCUT2D eigenvalue weighted by molar-refractivity contribution is -0.128. The van der Waals surface area contributed by atoms with E-state index < -0.39 is 11.8 Å². The molecule has 1 saturated heterocycles. The molecule has 2 amide bonds. The van der Waals surface area contributed by atoms with Crippen molar-refractivity contribution in [3.8, 4) is 11.5 Å². The second-order valence-electron chi connectivity index (χ2n) is 6.66. The summed E-state index contributed by atoms with van der Waals surface area (Å²) < 4.78 is 12.3. The van der Waals surface area contributed by atoms with E-state index >= 15 is 0 Å². The average Bonchev–Trinajstić information content (AvgIpc) is 2.76. The number of carbonyl (C=O) groups is 2. The zero-order chi connectivity index (χ0) is 23.3. The van der Waals surface area contributed by atoms with Crippen molar-refractivity contribution in [3.05, 3.63) is 75.2 Å². The van der Waals surface area contributed by atoms with Crippen LogP contribution in [0, 0.1) is 0 Å². The van der Waals surface area contributed by atoms with Gasteiger partial charge in [0.1, 0.15) is 12.2 Å². The third-order valence-corrected chi connectivity index (χ3v) is 5.88. The van der Waals surface area contributed by atoms with Gasteiger partial charge in [-0.25, -0.2) is 0 Å². The summed E-state index contributed by atoms with van der Waals surface area (Å²) in [5, 5.41) is 3.18. The number of ether oxygens (including phenoxy) is 2. The van der Waals surface area contributed by atoms with E-state index in [1.54, 1.807) is 18.2 Å². The summed E-state index contributed by atoms with van der Waals surface area (Å²) in [6.45, 7) is 6.32. The van der Waals surface area contributed by atoms with Crippen LogP contribution in [0.4, 0.5) is 0 Å². The van der Waals surface area contributed by atoms with Crippen molar-refractivity contribution in [2.45, 2.75) is 13.5 Å². The van der Waals surface area contributed by atoms with Crippen molar-refractivity contribution >= 4 is 62.8 Å². The van der Waals surface area contributed by atoms with E-state index in [1.165, 1.54) is 17.1 Å². The molecule has 166 valence electrons. The molecule has 1 heterocycles. The second-order valence-corrected chi connectivity index (χ2v) is 8.30. The summed E-state index contributed by atoms with van der Waals surface area (Å²) in [6.07, 6.45) is 3.02. The summed E-state index contributed by atoms with van der Waals surface area (Å²) in [7, 11) is 0. The summed E-state index contributed by atoms with van der Waals surface area (Å²) in [6, 6.07) is 10.8. The van der Waals surface area contributed by atoms with Gasteiger partial charge < -0.3 is 9.47 Å². The molecule has 1 aliphatic heterocycles. The van der Waals surface area contributed by atoms with Crippen LogP contribution in [-0.4, -0.2) is 35.0 Å². The van der Waals surface area contributed by atoms with Gasteiger partial charge in [-0.05, 0) is 49.0 Å². The largest absolute Gasteiger partial charge is 0.490 e. The zero-order valence-electron chi connectivity index (χ0n) is 17.2. The van der Waals surface area contributed by atoms with E-state index in [0.717, 1.165) is 5.56 Å². The van der Waals surface area contributed by atoms with Gasteiger partial charge in [-0.2, -0.15) is 0 Å². The summed E-state index contributed by atoms with van der Waals surface area (Å²) in [4.78, 5) is 26.5. The Labute approximate surface area is 205 Å². The van der Waals surface area contributed by atoms with Crippen molar-refractivity contribution < 1.29 is 19.1 Å². The van der Waals surface area contributed by atoms with Crippen molar-refractivity contribution in [2.24, 2.45) is 0 Å². The highest BCUT2D eigenvalue weighted by molar-refractivity contribution is 9.10. The number of amides is 2. The van der Waals surface area contributed by atoms with E-state index in [1.807, 2.05) is 25.1 Å². The van der Waals surface area contributed by atoms with Crippen LogP contribution in [0.25, 0.3) is 6.08 Å². The normalized spacial score (nSPS) is 15.0. The minimum absolute atomic E-state index is 0.0478. The lowest BCUT2D eigenvalue weighted by Crippen LogP contribution is -2.53. The number of nitrogens with one attached hydrogen (secondary N) is 1. The predicted molar refractivity (Wildman–Crippen MR) is 132 cm³/mol. The lowest BCUT2D eigenvalue weighted by atomic mass is 10.1. The minimum Gasteiger partial charge on any atom is -0.490 e. The molecule has 0 unspecified atom stereocenters. The van der Waals surface area contributed by atoms with Crippen LogP contribution in [-0.2, 0) is 16.2 Å². The summed E-state index contributed by atoms with van der Waals surface area (Å²) >= 11 is 14.8. The van der Waals surface area contributed by atoms with Crippen molar-refractivity contribution in [3.63, 3.8) is 0 Å². The first-order valence-corrected chi connectivity index (χ1v) is 11.3. The number of thiocarbonyl (C=S) groups is 1. The van der Waals surface area contributed by atoms with E-state index in [-0.39, 0.29) is 23.8 Å². The van der Waals surface area contributed by atoms with Crippen molar-refractivity contribution in [1.29, 1.82) is 0 Å². The molecule has 2 aromatic carbocycles. The molecule has 0 bridgehead atoms. The first-order valence-electron chi connectivity index (χ1n) is 9.68. The fraction of sp³-hybridized carbons (Fsp3) is 0.174. The maximum Gasteiger partial charge on any atom is 0.265 e. The Morgan fingerprint density at radius 1 is 1.22 bits per heavy atom. The monoisotopic (exact) mass is 534 g/mol. The molecule has 32 heavy (non-hydrogen) atoms. The molecule has 1 fully saturated rings. The van der Waals surface area contributed by atoms with E-state index in [4.69, 9.17) is 33.3 Å². The molecule has 0 radical (unpaired) electrons. The smallest absolute Gasteiger partial charge is 0.265 e. The third kappa shape index (κ3) is 5.38. The maximum absolute atomic E-state index is 12.8. The number of hydrogen-bond donors (Lipinski definition) is 1. The molecule has 1 N–H and O–H groups in total. The zero-order valence-corrected chi connectivity index (χ0v) is 20.4. The van der Waals surface area contributed by atoms with E-state index in [0.29, 0.717) is 33.2 Å². The maximum atomic E-state index is 12.8. The predicted octanol–water partition coefficient (Wildman–Crippen LogP) is 4.89. The number of halogens is 2. The first kappa shape index (κ1) is 24.0. The minimum atomic E-state index is -0.566. The second kappa shape index (κ2) is 10.8. The number of rotatable bonds is 8. The number of carbonyl (C=O) groups excluding carboxylic acids is 2. The van der Waals surface area contributed by atoms with Crippen LogP contribution in [0.3, 0.4) is 0 Å². The van der Waals surface area contributed by atoms with E-state index in [9.17, 15) is 9.59 Å². The molecular formula is C23H20BrClN2O4S. The molecule has 3 rings (SSSR count). The third-order valence-electron chi connectivity index (χ3n) is 4.50. The quantitative estimate of drug-likeness (QED) is 0.226. The van der Waals surface area contributed by atoms with Crippen LogP contribution in [0.15, 0.2) is 59.1 Å². The Hall–Kier alpha value is -2.68. The fourth-order valence-electron chi connectivity index (χ4n) is 2.96. The van der Waals surface area contributed by atoms with Gasteiger partial charge in [0.25, 0.3) is 11.8 Å². The molecular weight excluding hydrogens is 516 g/mol. The molecule has 1 aliphatic rings. The fourth-order valence-corrected chi connectivity index (χ4v) is 3.84. The summed E-state index contributed by atoms with van der Waals surface area (Å²) in [5.74, 6) is -0.0989. The highest BCUT2D eigenvalue weighted by atomic mass is 79.9. The lowest BCUT2D eigenvalue weighted by Gasteiger charge is -2.27. The summed E-state index contributed by atoms with van der Waals surface area (Å²) in [5.41, 5.74) is 1.36. The molecule has 2 aromatic rings. The van der Waals surface area contributed by atoms with Gasteiger partial charge in [-0.15, -0.1) is 6.58 Å². The van der Waals surface area contributed by atoms with Crippen LogP contribution in [0.5, 0.6) is 11.5 Å². The van der Waals surface area contributed by atoms with E-state index in [2.05, 4.69) is 27.8 Å². The molecule has 0 aliphatic carbocycles. The number of benzene rings is 2. The highest BCUT2D eigenvalue weighted by Crippen LogP contribution is 2.36. The number of hydrogen-bond acceptors (Lipinski definition) is 5. The van der Waals surface area contributed by atoms with Gasteiger partial charge in [0.2, 0.25) is 0 Å². The van der Waals surface area contributed by atoms with Gasteiger partial charge in [0.15, 0.2) is 16.6 Å². The Morgan fingerprint density at radius 2 is 1.94 bits per heavy atom. The Morgan fingerprint density at radius 3 is 2.62 bits per heavy atom. The molecule has 6 nitrogen and oxygen atoms in total. The van der Waals surface area contributed by atoms with Gasteiger partial charge >= 0.3 is 0 Å². The Kier molecular flexibility index (Phi) is 8.06. The molecule has 0 saturated carbocycles. The topological polar surface area (TPSA) is 67.9 Å². The Balaban J connectivity index is 1.93. The van der Waals surface area contributed by atoms with Crippen molar-refractivity contribution in [2.75, 3.05) is 13.2 Å². The van der Waals surface area contributed by atoms with Crippen LogP contribution >= 0.6 is 39.7 Å². The van der Waals surface area contributed by atoms with Gasteiger partial charge in [0, 0.05) is 21.6 Å². The molecule has 0 aromatic heterocycles.